The summed E-state index contributed by atoms with van der Waals surface area (Å²) in [5.41, 5.74) is 0.670. The Morgan fingerprint density at radius 2 is 1.22 bits per heavy atom. The van der Waals surface area contributed by atoms with Gasteiger partial charge in [0.2, 0.25) is 0 Å². The average Bonchev–Trinajstić information content (AvgIpc) is 3.07. The van der Waals surface area contributed by atoms with E-state index in [1.54, 1.807) is 0 Å². The molecule has 0 bridgehead atoms. The Morgan fingerprint density at radius 1 is 0.778 bits per heavy atom. The average molecular weight is 251 g/mol. The minimum atomic E-state index is 0.670. The van der Waals surface area contributed by atoms with Crippen molar-refractivity contribution < 1.29 is 0 Å². The van der Waals surface area contributed by atoms with E-state index in [1.807, 2.05) is 0 Å². The van der Waals surface area contributed by atoms with Gasteiger partial charge in [-0.3, -0.25) is 0 Å². The van der Waals surface area contributed by atoms with Gasteiger partial charge in [0, 0.05) is 12.6 Å². The summed E-state index contributed by atoms with van der Waals surface area (Å²) in [5.74, 6) is 0. The standard InChI is InChI=1S/C17H33N/c1-17(13-14-17)15-18-16-11-9-7-5-3-2-4-6-8-10-12-16/h16,18H,2-15H2,1H3. The predicted octanol–water partition coefficient (Wildman–Crippen LogP) is 5.05. The summed E-state index contributed by atoms with van der Waals surface area (Å²) in [6.07, 6.45) is 19.0. The fourth-order valence-corrected chi connectivity index (χ4v) is 3.15. The second-order valence-electron chi connectivity index (χ2n) is 7.15. The molecule has 2 aliphatic rings. The van der Waals surface area contributed by atoms with E-state index >= 15 is 0 Å². The maximum atomic E-state index is 3.88. The Hall–Kier alpha value is -0.0400. The van der Waals surface area contributed by atoms with Crippen molar-refractivity contribution in [2.75, 3.05) is 6.54 Å². The minimum Gasteiger partial charge on any atom is -0.313 e. The van der Waals surface area contributed by atoms with E-state index in [1.165, 1.54) is 90.0 Å². The monoisotopic (exact) mass is 251 g/mol. The van der Waals surface area contributed by atoms with Crippen molar-refractivity contribution >= 4 is 0 Å². The van der Waals surface area contributed by atoms with Gasteiger partial charge in [-0.05, 0) is 31.1 Å². The van der Waals surface area contributed by atoms with Gasteiger partial charge >= 0.3 is 0 Å². The van der Waals surface area contributed by atoms with Crippen molar-refractivity contribution in [3.05, 3.63) is 0 Å². The molecule has 0 atom stereocenters. The van der Waals surface area contributed by atoms with Gasteiger partial charge in [-0.25, -0.2) is 0 Å². The van der Waals surface area contributed by atoms with Crippen molar-refractivity contribution in [1.29, 1.82) is 0 Å². The summed E-state index contributed by atoms with van der Waals surface area (Å²) in [4.78, 5) is 0. The summed E-state index contributed by atoms with van der Waals surface area (Å²) < 4.78 is 0. The summed E-state index contributed by atoms with van der Waals surface area (Å²) >= 11 is 0. The van der Waals surface area contributed by atoms with Crippen LogP contribution in [-0.4, -0.2) is 12.6 Å². The third kappa shape index (κ3) is 5.73. The van der Waals surface area contributed by atoms with Gasteiger partial charge in [-0.2, -0.15) is 0 Å². The third-order valence-corrected chi connectivity index (χ3v) is 5.03. The minimum absolute atomic E-state index is 0.670. The van der Waals surface area contributed by atoms with Crippen LogP contribution in [-0.2, 0) is 0 Å². The van der Waals surface area contributed by atoms with E-state index in [2.05, 4.69) is 12.2 Å². The summed E-state index contributed by atoms with van der Waals surface area (Å²) in [6.45, 7) is 3.72. The van der Waals surface area contributed by atoms with Crippen LogP contribution >= 0.6 is 0 Å². The highest BCUT2D eigenvalue weighted by Gasteiger charge is 2.36. The van der Waals surface area contributed by atoms with Crippen molar-refractivity contribution in [2.24, 2.45) is 5.41 Å². The van der Waals surface area contributed by atoms with Crippen LogP contribution in [0.25, 0.3) is 0 Å². The van der Waals surface area contributed by atoms with Gasteiger partial charge in [-0.1, -0.05) is 64.7 Å². The molecular formula is C17H33N. The Labute approximate surface area is 114 Å². The first-order valence-electron chi connectivity index (χ1n) is 8.52. The number of nitrogens with one attached hydrogen (secondary N) is 1. The first-order chi connectivity index (χ1) is 8.79. The van der Waals surface area contributed by atoms with Crippen LogP contribution in [0.4, 0.5) is 0 Å². The van der Waals surface area contributed by atoms with Crippen LogP contribution in [0, 0.1) is 5.41 Å². The molecule has 1 N–H and O–H groups in total. The largest absolute Gasteiger partial charge is 0.313 e. The Kier molecular flexibility index (Phi) is 6.01. The fourth-order valence-electron chi connectivity index (χ4n) is 3.15. The van der Waals surface area contributed by atoms with Crippen LogP contribution in [0.15, 0.2) is 0 Å². The molecule has 0 unspecified atom stereocenters. The second-order valence-corrected chi connectivity index (χ2v) is 7.15. The molecule has 0 aromatic carbocycles. The molecule has 0 aliphatic heterocycles. The van der Waals surface area contributed by atoms with Gasteiger partial charge in [0.25, 0.3) is 0 Å². The van der Waals surface area contributed by atoms with E-state index in [0.29, 0.717) is 5.41 Å². The lowest BCUT2D eigenvalue weighted by molar-refractivity contribution is 0.372. The molecule has 1 heteroatoms. The molecule has 0 radical (unpaired) electrons. The van der Waals surface area contributed by atoms with Gasteiger partial charge in [0.1, 0.15) is 0 Å². The quantitative estimate of drug-likeness (QED) is 0.740. The van der Waals surface area contributed by atoms with Crippen molar-refractivity contribution in [2.45, 2.75) is 96.4 Å². The molecule has 2 aliphatic carbocycles. The van der Waals surface area contributed by atoms with Gasteiger partial charge in [-0.15, -0.1) is 0 Å². The van der Waals surface area contributed by atoms with E-state index in [4.69, 9.17) is 0 Å². The molecule has 2 saturated carbocycles. The molecule has 18 heavy (non-hydrogen) atoms. The normalized spacial score (nSPS) is 27.2. The Morgan fingerprint density at radius 3 is 1.67 bits per heavy atom. The first-order valence-corrected chi connectivity index (χ1v) is 8.52. The maximum absolute atomic E-state index is 3.88. The summed E-state index contributed by atoms with van der Waals surface area (Å²) in [7, 11) is 0. The molecule has 1 nitrogen and oxygen atoms in total. The molecule has 2 rings (SSSR count). The molecule has 0 saturated heterocycles. The zero-order valence-electron chi connectivity index (χ0n) is 12.5. The molecule has 2 fully saturated rings. The van der Waals surface area contributed by atoms with Crippen LogP contribution in [0.1, 0.15) is 90.4 Å². The van der Waals surface area contributed by atoms with Crippen LogP contribution < -0.4 is 5.32 Å². The van der Waals surface area contributed by atoms with Crippen molar-refractivity contribution in [3.63, 3.8) is 0 Å². The lowest BCUT2D eigenvalue weighted by Crippen LogP contribution is -2.33. The van der Waals surface area contributed by atoms with Crippen molar-refractivity contribution in [3.8, 4) is 0 Å². The molecule has 0 aromatic rings. The SMILES string of the molecule is CC1(CNC2CCCCCCCCCCC2)CC1. The number of rotatable bonds is 3. The predicted molar refractivity (Wildman–Crippen MR) is 79.9 cm³/mol. The molecule has 106 valence electrons. The molecular weight excluding hydrogens is 218 g/mol. The maximum Gasteiger partial charge on any atom is 0.00672 e. The van der Waals surface area contributed by atoms with E-state index in [0.717, 1.165) is 6.04 Å². The van der Waals surface area contributed by atoms with Gasteiger partial charge < -0.3 is 5.32 Å². The second kappa shape index (κ2) is 7.53. The highest BCUT2D eigenvalue weighted by atomic mass is 14.9. The van der Waals surface area contributed by atoms with Gasteiger partial charge in [0.15, 0.2) is 0 Å². The molecule has 0 heterocycles. The molecule has 0 amide bonds. The summed E-state index contributed by atoms with van der Waals surface area (Å²) in [5, 5.41) is 3.88. The Balaban J connectivity index is 1.67. The van der Waals surface area contributed by atoms with Gasteiger partial charge in [0.05, 0.1) is 0 Å². The van der Waals surface area contributed by atoms with E-state index in [-0.39, 0.29) is 0 Å². The van der Waals surface area contributed by atoms with Crippen LogP contribution in [0.5, 0.6) is 0 Å². The molecule has 0 aromatic heterocycles. The lowest BCUT2D eigenvalue weighted by Gasteiger charge is -2.21. The highest BCUT2D eigenvalue weighted by molar-refractivity contribution is 4.91. The Bertz CT molecular complexity index is 208. The zero-order chi connectivity index (χ0) is 12.7. The lowest BCUT2D eigenvalue weighted by atomic mass is 9.97. The van der Waals surface area contributed by atoms with Crippen LogP contribution in [0.3, 0.4) is 0 Å². The smallest absolute Gasteiger partial charge is 0.00672 e. The van der Waals surface area contributed by atoms with E-state index < -0.39 is 0 Å². The number of hydrogen-bond acceptors (Lipinski definition) is 1. The van der Waals surface area contributed by atoms with Crippen molar-refractivity contribution in [1.82, 2.24) is 5.32 Å². The highest BCUT2D eigenvalue weighted by Crippen LogP contribution is 2.44. The summed E-state index contributed by atoms with van der Waals surface area (Å²) in [6, 6.07) is 0.821. The van der Waals surface area contributed by atoms with Crippen LogP contribution in [0.2, 0.25) is 0 Å². The zero-order valence-corrected chi connectivity index (χ0v) is 12.5. The van der Waals surface area contributed by atoms with E-state index in [9.17, 15) is 0 Å². The fraction of sp³-hybridized carbons (Fsp3) is 1.00. The molecule has 0 spiro atoms. The third-order valence-electron chi connectivity index (χ3n) is 5.03. The number of hydrogen-bond donors (Lipinski definition) is 1. The topological polar surface area (TPSA) is 12.0 Å². The first kappa shape index (κ1) is 14.4.